The van der Waals surface area contributed by atoms with Gasteiger partial charge in [0.05, 0.1) is 26.4 Å². The number of hydrogen-bond acceptors (Lipinski definition) is 15. The standard InChI is InChI=1S/C85H166O17P2/c1-8-9-10-11-12-13-14-15-16-19-23-26-31-38-45-52-59-66-82(87)95-72-80(101-84(89)68-61-54-47-39-32-27-24-21-18-17-20-22-25-29-35-42-49-56-63-76(2)3)74-99-103(91,92)97-70-79(86)71-98-104(93,94)100-75-81(73-96-83(88)67-60-53-46-41-34-37-44-51-58-65-78(6)7)102-85(90)69-62-55-48-40-33-28-30-36-43-50-57-64-77(4)5/h76-81,86H,8-75H2,1-7H3,(H,91,92)(H,93,94)/t79-,80-,81-/m1/s1. The summed E-state index contributed by atoms with van der Waals surface area (Å²) in [5.74, 6) is 0.224. The van der Waals surface area contributed by atoms with Gasteiger partial charge in [0.2, 0.25) is 0 Å². The topological polar surface area (TPSA) is 237 Å². The molecule has 0 spiro atoms. The van der Waals surface area contributed by atoms with Gasteiger partial charge in [-0.25, -0.2) is 9.13 Å². The molecule has 618 valence electrons. The highest BCUT2D eigenvalue weighted by atomic mass is 31.2. The van der Waals surface area contributed by atoms with Crippen LogP contribution in [0.2, 0.25) is 0 Å². The van der Waals surface area contributed by atoms with Gasteiger partial charge in [0, 0.05) is 25.7 Å². The average Bonchev–Trinajstić information content (AvgIpc) is 0.931. The summed E-state index contributed by atoms with van der Waals surface area (Å²) in [5, 5.41) is 10.7. The molecule has 2 unspecified atom stereocenters. The minimum Gasteiger partial charge on any atom is -0.462 e. The molecule has 0 bridgehead atoms. The van der Waals surface area contributed by atoms with Gasteiger partial charge in [-0.05, 0) is 43.4 Å². The molecule has 0 aromatic heterocycles. The maximum atomic E-state index is 13.1. The molecule has 0 fully saturated rings. The van der Waals surface area contributed by atoms with E-state index in [-0.39, 0.29) is 25.7 Å². The Morgan fingerprint density at radius 1 is 0.260 bits per heavy atom. The van der Waals surface area contributed by atoms with Crippen LogP contribution in [-0.4, -0.2) is 96.7 Å². The molecule has 0 rings (SSSR count). The van der Waals surface area contributed by atoms with Crippen molar-refractivity contribution in [2.75, 3.05) is 39.6 Å². The van der Waals surface area contributed by atoms with E-state index in [4.69, 9.17) is 37.0 Å². The number of unbranched alkanes of at least 4 members (excludes halogenated alkanes) is 51. The normalized spacial score (nSPS) is 13.9. The van der Waals surface area contributed by atoms with Crippen molar-refractivity contribution in [2.24, 2.45) is 17.8 Å². The maximum Gasteiger partial charge on any atom is 0.472 e. The molecule has 0 aromatic rings. The molecule has 0 aromatic carbocycles. The first-order valence-corrected chi connectivity index (χ1v) is 46.8. The molecule has 5 atom stereocenters. The Balaban J connectivity index is 5.25. The molecule has 0 aliphatic rings. The van der Waals surface area contributed by atoms with Crippen molar-refractivity contribution >= 4 is 39.5 Å². The van der Waals surface area contributed by atoms with Gasteiger partial charge in [-0.15, -0.1) is 0 Å². The summed E-state index contributed by atoms with van der Waals surface area (Å²) < 4.78 is 68.9. The van der Waals surface area contributed by atoms with E-state index in [1.54, 1.807) is 0 Å². The lowest BCUT2D eigenvalue weighted by Crippen LogP contribution is -2.30. The highest BCUT2D eigenvalue weighted by molar-refractivity contribution is 7.47. The van der Waals surface area contributed by atoms with E-state index in [9.17, 15) is 43.2 Å². The van der Waals surface area contributed by atoms with Gasteiger partial charge < -0.3 is 33.8 Å². The van der Waals surface area contributed by atoms with E-state index in [2.05, 4.69) is 48.5 Å². The van der Waals surface area contributed by atoms with Crippen LogP contribution in [-0.2, 0) is 65.4 Å². The maximum absolute atomic E-state index is 13.1. The van der Waals surface area contributed by atoms with Gasteiger partial charge in [-0.3, -0.25) is 37.3 Å². The van der Waals surface area contributed by atoms with E-state index < -0.39 is 97.5 Å². The first-order valence-electron chi connectivity index (χ1n) is 43.8. The van der Waals surface area contributed by atoms with Crippen LogP contribution in [0.25, 0.3) is 0 Å². The van der Waals surface area contributed by atoms with Gasteiger partial charge in [-0.2, -0.15) is 0 Å². The Kier molecular flexibility index (Phi) is 73.7. The summed E-state index contributed by atoms with van der Waals surface area (Å²) in [6.07, 6.45) is 65.3. The van der Waals surface area contributed by atoms with Crippen LogP contribution in [0.3, 0.4) is 0 Å². The fourth-order valence-electron chi connectivity index (χ4n) is 13.2. The van der Waals surface area contributed by atoms with Crippen molar-refractivity contribution in [1.82, 2.24) is 0 Å². The third kappa shape index (κ3) is 78.2. The SMILES string of the molecule is CCCCCCCCCCCCCCCCCCCC(=O)OC[C@H](COP(=O)(O)OC[C@@H](O)COP(=O)(O)OC[C@@H](COC(=O)CCCCCCCCCCCC(C)C)OC(=O)CCCCCCCCCCCCCC(C)C)OC(=O)CCCCCCCCCCCCCCCCCCCCC(C)C. The Morgan fingerprint density at radius 3 is 0.654 bits per heavy atom. The van der Waals surface area contributed by atoms with Gasteiger partial charge in [-0.1, -0.05) is 395 Å². The predicted octanol–water partition coefficient (Wildman–Crippen LogP) is 25.7. The highest BCUT2D eigenvalue weighted by Crippen LogP contribution is 2.45. The molecule has 17 nitrogen and oxygen atoms in total. The number of hydrogen-bond donors (Lipinski definition) is 3. The van der Waals surface area contributed by atoms with Crippen molar-refractivity contribution in [3.8, 4) is 0 Å². The summed E-state index contributed by atoms with van der Waals surface area (Å²) in [6, 6.07) is 0. The molecule has 0 saturated carbocycles. The van der Waals surface area contributed by atoms with Gasteiger partial charge in [0.1, 0.15) is 19.3 Å². The molecule has 0 radical (unpaired) electrons. The third-order valence-electron chi connectivity index (χ3n) is 19.9. The molecule has 104 heavy (non-hydrogen) atoms. The van der Waals surface area contributed by atoms with E-state index in [1.165, 1.54) is 257 Å². The van der Waals surface area contributed by atoms with Crippen LogP contribution in [0, 0.1) is 17.8 Å². The second kappa shape index (κ2) is 75.1. The summed E-state index contributed by atoms with van der Waals surface area (Å²) in [4.78, 5) is 73.2. The van der Waals surface area contributed by atoms with E-state index in [0.29, 0.717) is 25.7 Å². The van der Waals surface area contributed by atoms with Crippen LogP contribution in [0.15, 0.2) is 0 Å². The number of carbonyl (C=O) groups is 4. The van der Waals surface area contributed by atoms with E-state index in [1.807, 2.05) is 0 Å². The summed E-state index contributed by atoms with van der Waals surface area (Å²) >= 11 is 0. The Morgan fingerprint density at radius 2 is 0.442 bits per heavy atom. The molecule has 0 aliphatic carbocycles. The fourth-order valence-corrected chi connectivity index (χ4v) is 14.8. The smallest absolute Gasteiger partial charge is 0.462 e. The summed E-state index contributed by atoms with van der Waals surface area (Å²) in [7, 11) is -9.93. The van der Waals surface area contributed by atoms with Crippen molar-refractivity contribution in [1.29, 1.82) is 0 Å². The molecule has 0 heterocycles. The number of aliphatic hydroxyl groups is 1. The number of aliphatic hydroxyl groups excluding tert-OH is 1. The second-order valence-corrected chi connectivity index (χ2v) is 34.9. The molecule has 0 amide bonds. The Labute approximate surface area is 638 Å². The van der Waals surface area contributed by atoms with Crippen molar-refractivity contribution in [3.05, 3.63) is 0 Å². The van der Waals surface area contributed by atoms with Crippen LogP contribution in [0.1, 0.15) is 447 Å². The predicted molar refractivity (Wildman–Crippen MR) is 428 cm³/mol. The largest absolute Gasteiger partial charge is 0.472 e. The van der Waals surface area contributed by atoms with Crippen molar-refractivity contribution in [3.63, 3.8) is 0 Å². The summed E-state index contributed by atoms with van der Waals surface area (Å²) in [5.41, 5.74) is 0. The Bertz CT molecular complexity index is 2010. The minimum atomic E-state index is -4.97. The Hall–Kier alpha value is -1.94. The molecule has 0 saturated heterocycles. The number of esters is 4. The van der Waals surface area contributed by atoms with Crippen molar-refractivity contribution < 1.29 is 80.2 Å². The van der Waals surface area contributed by atoms with Gasteiger partial charge >= 0.3 is 39.5 Å². The number of phosphoric acid groups is 2. The lowest BCUT2D eigenvalue weighted by molar-refractivity contribution is -0.161. The first kappa shape index (κ1) is 102. The molecule has 0 aliphatic heterocycles. The lowest BCUT2D eigenvalue weighted by Gasteiger charge is -2.21. The third-order valence-corrected chi connectivity index (χ3v) is 21.8. The quantitative estimate of drug-likeness (QED) is 0.0222. The molecule has 3 N–H and O–H groups in total. The second-order valence-electron chi connectivity index (χ2n) is 32.0. The number of carbonyl (C=O) groups excluding carboxylic acids is 4. The fraction of sp³-hybridized carbons (Fsp3) is 0.953. The van der Waals surface area contributed by atoms with E-state index in [0.717, 1.165) is 108 Å². The number of phosphoric ester groups is 2. The van der Waals surface area contributed by atoms with Gasteiger partial charge in [0.25, 0.3) is 0 Å². The zero-order valence-electron chi connectivity index (χ0n) is 68.5. The van der Waals surface area contributed by atoms with Crippen molar-refractivity contribution in [2.45, 2.75) is 465 Å². The van der Waals surface area contributed by atoms with Crippen LogP contribution >= 0.6 is 15.6 Å². The van der Waals surface area contributed by atoms with Crippen LogP contribution < -0.4 is 0 Å². The zero-order chi connectivity index (χ0) is 76.5. The minimum absolute atomic E-state index is 0.106. The number of rotatable bonds is 83. The van der Waals surface area contributed by atoms with Gasteiger partial charge in [0.15, 0.2) is 12.2 Å². The lowest BCUT2D eigenvalue weighted by atomic mass is 10.0. The molecular weight excluding hydrogens is 1350 g/mol. The zero-order valence-corrected chi connectivity index (χ0v) is 70.3. The highest BCUT2D eigenvalue weighted by Gasteiger charge is 2.30. The van der Waals surface area contributed by atoms with E-state index >= 15 is 0 Å². The van der Waals surface area contributed by atoms with Crippen LogP contribution in [0.5, 0.6) is 0 Å². The molecular formula is C85H166O17P2. The number of ether oxygens (including phenoxy) is 4. The summed E-state index contributed by atoms with van der Waals surface area (Å²) in [6.45, 7) is 12.0. The average molecular weight is 1520 g/mol. The van der Waals surface area contributed by atoms with Crippen LogP contribution in [0.4, 0.5) is 0 Å². The monoisotopic (exact) mass is 1520 g/mol. The first-order chi connectivity index (χ1) is 50.2. The molecule has 19 heteroatoms.